The zero-order valence-corrected chi connectivity index (χ0v) is 6.25. The number of carboxylic acids is 1. The molecule has 0 amide bonds. The molecule has 0 heterocycles. The van der Waals surface area contributed by atoms with Gasteiger partial charge in [-0.25, -0.2) is 0 Å². The van der Waals surface area contributed by atoms with Crippen LogP contribution in [-0.4, -0.2) is 22.7 Å². The van der Waals surface area contributed by atoms with E-state index >= 15 is 0 Å². The van der Waals surface area contributed by atoms with Crippen LogP contribution in [0, 0.1) is 0 Å². The number of hydrogen-bond donors (Lipinski definition) is 2. The predicted octanol–water partition coefficient (Wildman–Crippen LogP) is 1.25. The van der Waals surface area contributed by atoms with Crippen molar-refractivity contribution in [1.82, 2.24) is 0 Å². The fourth-order valence-corrected chi connectivity index (χ4v) is 0. The summed E-state index contributed by atoms with van der Waals surface area (Å²) in [5, 5.41) is 7.42. The molecule has 0 aliphatic carbocycles. The number of halogens is 1. The van der Waals surface area contributed by atoms with E-state index in [0.717, 1.165) is 12.7 Å². The molecule has 0 fully saturated rings. The molecule has 0 aromatic heterocycles. The van der Waals surface area contributed by atoms with Gasteiger partial charge in [0, 0.05) is 18.6 Å². The summed E-state index contributed by atoms with van der Waals surface area (Å²) in [6.07, 6.45) is 0. The van der Waals surface area contributed by atoms with E-state index in [9.17, 15) is 0 Å². The van der Waals surface area contributed by atoms with E-state index in [1.54, 1.807) is 0 Å². The van der Waals surface area contributed by atoms with Gasteiger partial charge in [-0.1, -0.05) is 0 Å². The fourth-order valence-electron chi connectivity index (χ4n) is 0. The molecule has 50 valence electrons. The van der Waals surface area contributed by atoms with Gasteiger partial charge in [0.2, 0.25) is 0 Å². The van der Waals surface area contributed by atoms with Crippen molar-refractivity contribution in [2.75, 3.05) is 11.6 Å². The monoisotopic (exact) mass is 156 g/mol. The Kier molecular flexibility index (Phi) is 14.0. The van der Waals surface area contributed by atoms with Gasteiger partial charge in [0.05, 0.1) is 0 Å². The van der Waals surface area contributed by atoms with E-state index in [-0.39, 0.29) is 0 Å². The van der Waals surface area contributed by atoms with Crippen molar-refractivity contribution in [1.29, 1.82) is 0 Å². The summed E-state index contributed by atoms with van der Waals surface area (Å²) in [5.41, 5.74) is 0. The lowest BCUT2D eigenvalue weighted by molar-refractivity contribution is -0.134. The van der Waals surface area contributed by atoms with Crippen LogP contribution in [0.4, 0.5) is 0 Å². The highest BCUT2D eigenvalue weighted by molar-refractivity contribution is 7.80. The lowest BCUT2D eigenvalue weighted by atomic mass is 10.9. The maximum atomic E-state index is 9.00. The molecule has 0 aromatic rings. The molecular weight excluding hydrogens is 148 g/mol. The highest BCUT2D eigenvalue weighted by Crippen LogP contribution is 1.74. The van der Waals surface area contributed by atoms with Gasteiger partial charge in [-0.3, -0.25) is 4.79 Å². The predicted molar refractivity (Wildman–Crippen MR) is 37.9 cm³/mol. The Hall–Kier alpha value is 0.110. The summed E-state index contributed by atoms with van der Waals surface area (Å²) in [6, 6.07) is 0. The summed E-state index contributed by atoms with van der Waals surface area (Å²) >= 11 is 8.90. The number of hydrogen-bond acceptors (Lipinski definition) is 2. The van der Waals surface area contributed by atoms with Crippen LogP contribution in [0.25, 0.3) is 0 Å². The Labute approximate surface area is 59.3 Å². The van der Waals surface area contributed by atoms with Gasteiger partial charge in [0.25, 0.3) is 5.97 Å². The summed E-state index contributed by atoms with van der Waals surface area (Å²) in [4.78, 5) is 9.00. The lowest BCUT2D eigenvalue weighted by Gasteiger charge is -1.65. The molecule has 1 N–H and O–H groups in total. The van der Waals surface area contributed by atoms with Crippen molar-refractivity contribution in [3.63, 3.8) is 0 Å². The second-order valence-corrected chi connectivity index (χ2v) is 1.76. The molecule has 0 aliphatic rings. The maximum absolute atomic E-state index is 9.00. The smallest absolute Gasteiger partial charge is 0.300 e. The van der Waals surface area contributed by atoms with Crippen molar-refractivity contribution >= 4 is 30.2 Å². The first-order valence-electron chi connectivity index (χ1n) is 2.01. The Bertz CT molecular complexity index is 52.0. The molecule has 0 atom stereocenters. The van der Waals surface area contributed by atoms with Crippen LogP contribution in [0.1, 0.15) is 6.92 Å². The topological polar surface area (TPSA) is 37.3 Å². The standard InChI is InChI=1S/C2H5ClS.C2H4O2/c3-1-2-4;1-2(3)4/h4H,1-2H2;1H3,(H,3,4). The third-order valence-corrected chi connectivity index (χ3v) is 0.761. The molecule has 0 unspecified atom stereocenters. The van der Waals surface area contributed by atoms with Crippen LogP contribution >= 0.6 is 24.2 Å². The fraction of sp³-hybridized carbons (Fsp3) is 0.750. The summed E-state index contributed by atoms with van der Waals surface area (Å²) in [6.45, 7) is 1.08. The van der Waals surface area contributed by atoms with Crippen molar-refractivity contribution in [3.8, 4) is 0 Å². The molecule has 2 nitrogen and oxygen atoms in total. The van der Waals surface area contributed by atoms with E-state index < -0.39 is 5.97 Å². The Morgan fingerprint density at radius 2 is 2.00 bits per heavy atom. The first-order chi connectivity index (χ1) is 3.65. The zero-order valence-electron chi connectivity index (χ0n) is 4.59. The second kappa shape index (κ2) is 10.2. The SMILES string of the molecule is CC(=O)O.SCCCl. The van der Waals surface area contributed by atoms with Gasteiger partial charge >= 0.3 is 0 Å². The lowest BCUT2D eigenvalue weighted by Crippen LogP contribution is -1.78. The van der Waals surface area contributed by atoms with Crippen LogP contribution in [0.2, 0.25) is 0 Å². The molecule has 0 aliphatic heterocycles. The van der Waals surface area contributed by atoms with Gasteiger partial charge in [-0.05, 0) is 0 Å². The number of rotatable bonds is 1. The van der Waals surface area contributed by atoms with Gasteiger partial charge < -0.3 is 5.11 Å². The van der Waals surface area contributed by atoms with Gasteiger partial charge in [0.15, 0.2) is 0 Å². The Morgan fingerprint density at radius 3 is 2.00 bits per heavy atom. The molecule has 8 heavy (non-hydrogen) atoms. The van der Waals surface area contributed by atoms with Gasteiger partial charge in [-0.2, -0.15) is 12.6 Å². The first kappa shape index (κ1) is 11.0. The summed E-state index contributed by atoms with van der Waals surface area (Å²) in [7, 11) is 0. The van der Waals surface area contributed by atoms with Gasteiger partial charge in [0.1, 0.15) is 0 Å². The number of carbonyl (C=O) groups is 1. The number of carboxylic acid groups (broad SMARTS) is 1. The minimum atomic E-state index is -0.833. The van der Waals surface area contributed by atoms with E-state index in [2.05, 4.69) is 12.6 Å². The van der Waals surface area contributed by atoms with Crippen LogP contribution in [0.15, 0.2) is 0 Å². The third kappa shape index (κ3) is 129. The highest BCUT2D eigenvalue weighted by Gasteiger charge is 1.65. The summed E-state index contributed by atoms with van der Waals surface area (Å²) in [5.74, 6) is 0.602. The largest absolute Gasteiger partial charge is 0.481 e. The van der Waals surface area contributed by atoms with Crippen molar-refractivity contribution in [2.45, 2.75) is 6.92 Å². The molecule has 0 saturated heterocycles. The van der Waals surface area contributed by atoms with E-state index in [1.165, 1.54) is 0 Å². The number of thiol groups is 1. The Morgan fingerprint density at radius 1 is 1.88 bits per heavy atom. The van der Waals surface area contributed by atoms with E-state index in [4.69, 9.17) is 21.5 Å². The average Bonchev–Trinajstić information content (AvgIpc) is 1.65. The number of aliphatic carboxylic acids is 1. The van der Waals surface area contributed by atoms with Crippen LogP contribution in [-0.2, 0) is 4.79 Å². The molecule has 0 aromatic carbocycles. The van der Waals surface area contributed by atoms with Crippen molar-refractivity contribution in [3.05, 3.63) is 0 Å². The van der Waals surface area contributed by atoms with E-state index in [0.29, 0.717) is 5.88 Å². The second-order valence-electron chi connectivity index (χ2n) is 0.932. The molecular formula is C4H9ClO2S. The molecule has 0 radical (unpaired) electrons. The van der Waals surface area contributed by atoms with Crippen LogP contribution in [0.3, 0.4) is 0 Å². The zero-order chi connectivity index (χ0) is 6.99. The van der Waals surface area contributed by atoms with Crippen LogP contribution in [0.5, 0.6) is 0 Å². The average molecular weight is 157 g/mol. The number of alkyl halides is 1. The Balaban J connectivity index is 0. The normalized spacial score (nSPS) is 6.88. The minimum absolute atomic E-state index is 0.656. The molecule has 0 spiro atoms. The minimum Gasteiger partial charge on any atom is -0.481 e. The molecule has 0 saturated carbocycles. The molecule has 0 bridgehead atoms. The third-order valence-electron chi connectivity index (χ3n) is 0.0845. The van der Waals surface area contributed by atoms with Crippen molar-refractivity contribution < 1.29 is 9.90 Å². The highest BCUT2D eigenvalue weighted by atomic mass is 35.5. The van der Waals surface area contributed by atoms with Gasteiger partial charge in [-0.15, -0.1) is 11.6 Å². The molecule has 0 rings (SSSR count). The quantitative estimate of drug-likeness (QED) is 0.443. The van der Waals surface area contributed by atoms with Crippen LogP contribution < -0.4 is 0 Å². The van der Waals surface area contributed by atoms with Crippen molar-refractivity contribution in [2.24, 2.45) is 0 Å². The maximum Gasteiger partial charge on any atom is 0.300 e. The summed E-state index contributed by atoms with van der Waals surface area (Å²) < 4.78 is 0. The van der Waals surface area contributed by atoms with E-state index in [1.807, 2.05) is 0 Å². The molecule has 4 heteroatoms. The first-order valence-corrected chi connectivity index (χ1v) is 3.18.